The van der Waals surface area contributed by atoms with Crippen molar-refractivity contribution in [1.82, 2.24) is 15.1 Å². The van der Waals surface area contributed by atoms with Crippen molar-refractivity contribution >= 4 is 5.91 Å². The number of ether oxygens (including phenoxy) is 2. The van der Waals surface area contributed by atoms with Gasteiger partial charge in [-0.2, -0.15) is 5.10 Å². The number of amides is 1. The molecule has 0 radical (unpaired) electrons. The van der Waals surface area contributed by atoms with E-state index >= 15 is 0 Å². The Bertz CT molecular complexity index is 754. The van der Waals surface area contributed by atoms with Crippen LogP contribution in [0, 0.1) is 19.8 Å². The molecule has 0 unspecified atom stereocenters. The number of hydrogen-bond donors (Lipinski definition) is 1. The Morgan fingerprint density at radius 3 is 2.72 bits per heavy atom. The topological polar surface area (TPSA) is 65.4 Å². The molecule has 1 aromatic carbocycles. The van der Waals surface area contributed by atoms with E-state index in [1.807, 2.05) is 18.5 Å². The summed E-state index contributed by atoms with van der Waals surface area (Å²) in [6.45, 7) is 8.75. The van der Waals surface area contributed by atoms with Gasteiger partial charge in [-0.1, -0.05) is 6.92 Å². The summed E-state index contributed by atoms with van der Waals surface area (Å²) in [5, 5.41) is 7.46. The summed E-state index contributed by atoms with van der Waals surface area (Å²) in [7, 11) is 0. The smallest absolute Gasteiger partial charge is 0.251 e. The van der Waals surface area contributed by atoms with Crippen molar-refractivity contribution in [1.29, 1.82) is 0 Å². The third-order valence-corrected chi connectivity index (χ3v) is 4.21. The third kappa shape index (κ3) is 4.32. The molecule has 0 saturated carbocycles. The van der Waals surface area contributed by atoms with Crippen LogP contribution in [0.15, 0.2) is 24.3 Å². The van der Waals surface area contributed by atoms with E-state index in [4.69, 9.17) is 9.47 Å². The van der Waals surface area contributed by atoms with Crippen LogP contribution in [0.1, 0.15) is 35.1 Å². The molecule has 1 aromatic heterocycles. The van der Waals surface area contributed by atoms with E-state index < -0.39 is 0 Å². The lowest BCUT2D eigenvalue weighted by Gasteiger charge is -2.14. The van der Waals surface area contributed by atoms with E-state index in [1.165, 1.54) is 0 Å². The summed E-state index contributed by atoms with van der Waals surface area (Å²) in [5.74, 6) is 1.52. The summed E-state index contributed by atoms with van der Waals surface area (Å²) in [5.41, 5.74) is 2.74. The average molecular weight is 343 g/mol. The first-order valence-electron chi connectivity index (χ1n) is 8.72. The van der Waals surface area contributed by atoms with Crippen molar-refractivity contribution in [3.05, 3.63) is 41.2 Å². The molecule has 134 valence electrons. The van der Waals surface area contributed by atoms with E-state index in [0.717, 1.165) is 24.4 Å². The number of carbonyl (C=O) groups is 1. The van der Waals surface area contributed by atoms with Crippen LogP contribution in [0.3, 0.4) is 0 Å². The van der Waals surface area contributed by atoms with Gasteiger partial charge in [0.05, 0.1) is 18.9 Å². The minimum Gasteiger partial charge on any atom is -0.490 e. The number of aryl methyl sites for hydroxylation is 2. The van der Waals surface area contributed by atoms with Crippen molar-refractivity contribution in [2.24, 2.45) is 5.92 Å². The monoisotopic (exact) mass is 343 g/mol. The fraction of sp³-hybridized carbons (Fsp3) is 0.474. The van der Waals surface area contributed by atoms with E-state index in [-0.39, 0.29) is 11.8 Å². The first-order chi connectivity index (χ1) is 12.0. The number of nitrogens with zero attached hydrogens (tertiary/aromatic N) is 2. The zero-order valence-corrected chi connectivity index (χ0v) is 15.0. The van der Waals surface area contributed by atoms with Gasteiger partial charge >= 0.3 is 0 Å². The number of aromatic nitrogens is 2. The van der Waals surface area contributed by atoms with Crippen LogP contribution in [-0.2, 0) is 6.54 Å². The molecule has 3 rings (SSSR count). The maximum absolute atomic E-state index is 12.4. The van der Waals surface area contributed by atoms with Crippen LogP contribution in [-0.4, -0.2) is 35.4 Å². The molecule has 0 fully saturated rings. The lowest BCUT2D eigenvalue weighted by Crippen LogP contribution is -2.30. The predicted octanol–water partition coefficient (Wildman–Crippen LogP) is 2.73. The van der Waals surface area contributed by atoms with Gasteiger partial charge in [-0.15, -0.1) is 0 Å². The summed E-state index contributed by atoms with van der Waals surface area (Å²) in [4.78, 5) is 12.4. The number of fused-ring (bicyclic) bond motifs is 1. The molecule has 1 N–H and O–H groups in total. The molecule has 1 aliphatic rings. The van der Waals surface area contributed by atoms with Crippen molar-refractivity contribution < 1.29 is 14.3 Å². The lowest BCUT2D eigenvalue weighted by atomic mass is 10.1. The highest BCUT2D eigenvalue weighted by Gasteiger charge is 2.15. The molecule has 1 amide bonds. The number of rotatable bonds is 5. The summed E-state index contributed by atoms with van der Waals surface area (Å²) in [6, 6.07) is 7.38. The normalized spacial score (nSPS) is 14.7. The fourth-order valence-corrected chi connectivity index (χ4v) is 2.89. The molecule has 2 heterocycles. The first-order valence-corrected chi connectivity index (χ1v) is 8.72. The second kappa shape index (κ2) is 7.59. The molecule has 0 spiro atoms. The van der Waals surface area contributed by atoms with Crippen LogP contribution >= 0.6 is 0 Å². The van der Waals surface area contributed by atoms with Crippen molar-refractivity contribution in [2.45, 2.75) is 33.7 Å². The van der Waals surface area contributed by atoms with Crippen molar-refractivity contribution in [3.8, 4) is 11.5 Å². The Hall–Kier alpha value is -2.50. The molecule has 0 bridgehead atoms. The molecule has 2 aromatic rings. The fourth-order valence-electron chi connectivity index (χ4n) is 2.89. The van der Waals surface area contributed by atoms with Crippen LogP contribution in [0.25, 0.3) is 0 Å². The van der Waals surface area contributed by atoms with Gasteiger partial charge in [0.2, 0.25) is 0 Å². The molecular formula is C19H25N3O3. The van der Waals surface area contributed by atoms with Gasteiger partial charge in [-0.3, -0.25) is 9.48 Å². The quantitative estimate of drug-likeness (QED) is 0.906. The van der Waals surface area contributed by atoms with Crippen LogP contribution in [0.2, 0.25) is 0 Å². The lowest BCUT2D eigenvalue weighted by molar-refractivity contribution is 0.0946. The van der Waals surface area contributed by atoms with E-state index in [9.17, 15) is 4.79 Å². The van der Waals surface area contributed by atoms with Crippen LogP contribution in [0.4, 0.5) is 0 Å². The Kier molecular flexibility index (Phi) is 5.26. The molecule has 6 heteroatoms. The minimum atomic E-state index is -0.101. The minimum absolute atomic E-state index is 0.101. The van der Waals surface area contributed by atoms with Crippen molar-refractivity contribution in [2.75, 3.05) is 19.8 Å². The van der Waals surface area contributed by atoms with Gasteiger partial charge < -0.3 is 14.8 Å². The average Bonchev–Trinajstić information content (AvgIpc) is 2.78. The molecule has 25 heavy (non-hydrogen) atoms. The number of carbonyl (C=O) groups excluding carboxylic acids is 1. The molecule has 6 nitrogen and oxygen atoms in total. The Labute approximate surface area is 148 Å². The van der Waals surface area contributed by atoms with Crippen molar-refractivity contribution in [3.63, 3.8) is 0 Å². The number of nitrogens with one attached hydrogen (secondary N) is 1. The maximum Gasteiger partial charge on any atom is 0.251 e. The third-order valence-electron chi connectivity index (χ3n) is 4.21. The number of hydrogen-bond acceptors (Lipinski definition) is 4. The molecule has 1 aliphatic heterocycles. The molecule has 0 saturated heterocycles. The molecular weight excluding hydrogens is 318 g/mol. The Morgan fingerprint density at radius 2 is 2.00 bits per heavy atom. The van der Waals surface area contributed by atoms with E-state index in [0.29, 0.717) is 36.8 Å². The number of benzene rings is 1. The van der Waals surface area contributed by atoms with Crippen LogP contribution < -0.4 is 14.8 Å². The second-order valence-electron chi connectivity index (χ2n) is 6.64. The van der Waals surface area contributed by atoms with Gasteiger partial charge in [-0.25, -0.2) is 0 Å². The molecule has 0 aliphatic carbocycles. The maximum atomic E-state index is 12.4. The Morgan fingerprint density at radius 1 is 1.24 bits per heavy atom. The zero-order chi connectivity index (χ0) is 17.8. The zero-order valence-electron chi connectivity index (χ0n) is 15.0. The van der Waals surface area contributed by atoms with Gasteiger partial charge in [0.1, 0.15) is 0 Å². The van der Waals surface area contributed by atoms with E-state index in [2.05, 4.69) is 23.4 Å². The summed E-state index contributed by atoms with van der Waals surface area (Å²) in [6.07, 6.45) is 0.847. The predicted molar refractivity (Wildman–Crippen MR) is 95.2 cm³/mol. The standard InChI is InChI=1S/C19H25N3O3/c1-13(12-22-15(3)9-14(2)21-22)11-20-19(23)16-5-6-17-18(10-16)25-8-4-7-24-17/h5-6,9-10,13H,4,7-8,11-12H2,1-3H3,(H,20,23)/t13-/m0/s1. The highest BCUT2D eigenvalue weighted by Crippen LogP contribution is 2.30. The van der Waals surface area contributed by atoms with Gasteiger partial charge in [-0.05, 0) is 44.0 Å². The summed E-state index contributed by atoms with van der Waals surface area (Å²) >= 11 is 0. The summed E-state index contributed by atoms with van der Waals surface area (Å²) < 4.78 is 13.2. The SMILES string of the molecule is Cc1cc(C)n(C[C@@H](C)CNC(=O)c2ccc3c(c2)OCCCO3)n1. The van der Waals surface area contributed by atoms with E-state index in [1.54, 1.807) is 18.2 Å². The highest BCUT2D eigenvalue weighted by molar-refractivity contribution is 5.94. The Balaban J connectivity index is 1.57. The second-order valence-corrected chi connectivity index (χ2v) is 6.64. The van der Waals surface area contributed by atoms with Gasteiger partial charge in [0.25, 0.3) is 5.91 Å². The van der Waals surface area contributed by atoms with Crippen LogP contribution in [0.5, 0.6) is 11.5 Å². The largest absolute Gasteiger partial charge is 0.490 e. The highest BCUT2D eigenvalue weighted by atomic mass is 16.5. The molecule has 1 atom stereocenters. The first kappa shape index (κ1) is 17.3. The van der Waals surface area contributed by atoms with Gasteiger partial charge in [0.15, 0.2) is 11.5 Å². The van der Waals surface area contributed by atoms with Gasteiger partial charge in [0, 0.05) is 30.8 Å².